The van der Waals surface area contributed by atoms with Crippen molar-refractivity contribution in [3.63, 3.8) is 0 Å². The molecule has 0 fully saturated rings. The molecule has 0 saturated carbocycles. The highest BCUT2D eigenvalue weighted by Crippen LogP contribution is 2.35. The van der Waals surface area contributed by atoms with Crippen LogP contribution in [-0.2, 0) is 9.53 Å². The lowest BCUT2D eigenvalue weighted by atomic mass is 10.2. The van der Waals surface area contributed by atoms with Gasteiger partial charge < -0.3 is 4.74 Å². The number of ether oxygens (including phenoxy) is 1. The smallest absolute Gasteiger partial charge is 0.305 e. The number of nitrogens with zero attached hydrogens (tertiary/aromatic N) is 4. The fourth-order valence-corrected chi connectivity index (χ4v) is 4.59. The topological polar surface area (TPSA) is 108 Å². The average Bonchev–Trinajstić information content (AvgIpc) is 3.34. The molecular formula is C19H16N4O5S2. The van der Waals surface area contributed by atoms with Gasteiger partial charge in [0.15, 0.2) is 10.8 Å². The SMILES string of the molecule is CCOC(=O)CCCN1C(=O)c2cc3sc(-c4ccc([N+](=O)[O-])cc4)nc3n2C1=S. The summed E-state index contributed by atoms with van der Waals surface area (Å²) in [5.41, 5.74) is 1.78. The third-order valence-corrected chi connectivity index (χ3v) is 6.08. The molecule has 0 bridgehead atoms. The first-order valence-corrected chi connectivity index (χ1v) is 10.4. The number of amides is 1. The summed E-state index contributed by atoms with van der Waals surface area (Å²) in [4.78, 5) is 40.7. The Balaban J connectivity index is 1.56. The first-order chi connectivity index (χ1) is 14.4. The molecule has 2 aromatic heterocycles. The number of hydrogen-bond donors (Lipinski definition) is 0. The number of hydrogen-bond acceptors (Lipinski definition) is 8. The minimum absolute atomic E-state index is 0.00908. The highest BCUT2D eigenvalue weighted by Gasteiger charge is 2.35. The van der Waals surface area contributed by atoms with Gasteiger partial charge >= 0.3 is 5.97 Å². The number of nitro benzene ring substituents is 1. The van der Waals surface area contributed by atoms with Gasteiger partial charge in [-0.1, -0.05) is 0 Å². The molecule has 0 saturated heterocycles. The molecule has 1 aromatic carbocycles. The van der Waals surface area contributed by atoms with Gasteiger partial charge in [-0.25, -0.2) is 4.98 Å². The van der Waals surface area contributed by atoms with Gasteiger partial charge in [-0.2, -0.15) is 0 Å². The lowest BCUT2D eigenvalue weighted by Crippen LogP contribution is -2.32. The number of rotatable bonds is 7. The predicted octanol–water partition coefficient (Wildman–Crippen LogP) is 3.61. The maximum Gasteiger partial charge on any atom is 0.305 e. The zero-order valence-electron chi connectivity index (χ0n) is 15.9. The zero-order valence-corrected chi connectivity index (χ0v) is 17.5. The summed E-state index contributed by atoms with van der Waals surface area (Å²) in [5, 5.41) is 11.8. The normalized spacial score (nSPS) is 13.2. The van der Waals surface area contributed by atoms with Crippen molar-refractivity contribution < 1.29 is 19.2 Å². The molecule has 3 aromatic rings. The van der Waals surface area contributed by atoms with Gasteiger partial charge in [-0.15, -0.1) is 11.3 Å². The van der Waals surface area contributed by atoms with Crippen molar-refractivity contribution in [1.82, 2.24) is 14.5 Å². The number of carbonyl (C=O) groups is 2. The van der Waals surface area contributed by atoms with Gasteiger partial charge in [-0.05, 0) is 43.8 Å². The molecule has 1 amide bonds. The number of thiazole rings is 1. The Morgan fingerprint density at radius 1 is 1.33 bits per heavy atom. The van der Waals surface area contributed by atoms with Gasteiger partial charge in [0.2, 0.25) is 0 Å². The molecule has 0 spiro atoms. The second kappa shape index (κ2) is 7.92. The molecule has 11 heteroatoms. The Labute approximate surface area is 180 Å². The van der Waals surface area contributed by atoms with Gasteiger partial charge in [0.1, 0.15) is 10.7 Å². The molecule has 0 unspecified atom stereocenters. The van der Waals surface area contributed by atoms with Crippen LogP contribution in [0.5, 0.6) is 0 Å². The fraction of sp³-hybridized carbons (Fsp3) is 0.263. The van der Waals surface area contributed by atoms with E-state index < -0.39 is 4.92 Å². The van der Waals surface area contributed by atoms with Crippen LogP contribution in [-0.4, -0.2) is 49.5 Å². The van der Waals surface area contributed by atoms with E-state index in [2.05, 4.69) is 4.98 Å². The quantitative estimate of drug-likeness (QED) is 0.237. The third-order valence-electron chi connectivity index (χ3n) is 4.63. The minimum Gasteiger partial charge on any atom is -0.466 e. The van der Waals surface area contributed by atoms with Crippen LogP contribution in [0.15, 0.2) is 30.3 Å². The lowest BCUT2D eigenvalue weighted by Gasteiger charge is -2.15. The summed E-state index contributed by atoms with van der Waals surface area (Å²) < 4.78 is 7.35. The Bertz CT molecular complexity index is 1180. The van der Waals surface area contributed by atoms with E-state index in [4.69, 9.17) is 17.0 Å². The first-order valence-electron chi connectivity index (χ1n) is 9.19. The van der Waals surface area contributed by atoms with Gasteiger partial charge in [-0.3, -0.25) is 29.2 Å². The van der Waals surface area contributed by atoms with Crippen LogP contribution in [0.2, 0.25) is 0 Å². The number of thiocarbonyl (C=S) groups is 1. The second-order valence-electron chi connectivity index (χ2n) is 6.52. The summed E-state index contributed by atoms with van der Waals surface area (Å²) in [7, 11) is 0. The van der Waals surface area contributed by atoms with E-state index in [-0.39, 0.29) is 24.0 Å². The number of nitro groups is 1. The molecule has 154 valence electrons. The van der Waals surface area contributed by atoms with Crippen LogP contribution in [0.25, 0.3) is 20.9 Å². The van der Waals surface area contributed by atoms with Gasteiger partial charge in [0.25, 0.3) is 11.6 Å². The lowest BCUT2D eigenvalue weighted by molar-refractivity contribution is -0.384. The molecule has 1 aliphatic heterocycles. The van der Waals surface area contributed by atoms with Crippen molar-refractivity contribution in [3.8, 4) is 10.6 Å². The number of fused-ring (bicyclic) bond motifs is 3. The van der Waals surface area contributed by atoms with E-state index in [0.29, 0.717) is 41.0 Å². The predicted molar refractivity (Wildman–Crippen MR) is 115 cm³/mol. The molecule has 0 aliphatic carbocycles. The molecule has 30 heavy (non-hydrogen) atoms. The monoisotopic (exact) mass is 444 g/mol. The Kier molecular flexibility index (Phi) is 5.31. The van der Waals surface area contributed by atoms with E-state index in [1.165, 1.54) is 28.4 Å². The molecular weight excluding hydrogens is 428 g/mol. The number of carbonyl (C=O) groups excluding carboxylic acids is 2. The zero-order chi connectivity index (χ0) is 21.4. The number of aromatic nitrogens is 2. The van der Waals surface area contributed by atoms with Crippen LogP contribution < -0.4 is 0 Å². The first kappa shape index (κ1) is 20.1. The summed E-state index contributed by atoms with van der Waals surface area (Å²) in [5.74, 6) is -0.518. The highest BCUT2D eigenvalue weighted by atomic mass is 32.1. The second-order valence-corrected chi connectivity index (χ2v) is 7.92. The molecule has 9 nitrogen and oxygen atoms in total. The van der Waals surface area contributed by atoms with E-state index in [0.717, 1.165) is 10.3 Å². The van der Waals surface area contributed by atoms with Gasteiger partial charge in [0.05, 0.1) is 16.2 Å². The Morgan fingerprint density at radius 2 is 2.07 bits per heavy atom. The van der Waals surface area contributed by atoms with Crippen LogP contribution in [0.4, 0.5) is 5.69 Å². The van der Waals surface area contributed by atoms with Crippen molar-refractivity contribution in [2.45, 2.75) is 19.8 Å². The third kappa shape index (κ3) is 3.46. The molecule has 4 rings (SSSR count). The van der Waals surface area contributed by atoms with E-state index >= 15 is 0 Å². The van der Waals surface area contributed by atoms with Crippen molar-refractivity contribution in [2.24, 2.45) is 0 Å². The van der Waals surface area contributed by atoms with Crippen LogP contribution >= 0.6 is 23.6 Å². The van der Waals surface area contributed by atoms with Crippen LogP contribution in [0, 0.1) is 10.1 Å². The molecule has 1 aliphatic rings. The van der Waals surface area contributed by atoms with Crippen LogP contribution in [0.3, 0.4) is 0 Å². The number of benzene rings is 1. The minimum atomic E-state index is -0.453. The van der Waals surface area contributed by atoms with Gasteiger partial charge in [0, 0.05) is 30.7 Å². The molecule has 3 heterocycles. The molecule has 0 atom stereocenters. The van der Waals surface area contributed by atoms with E-state index in [1.807, 2.05) is 0 Å². The average molecular weight is 444 g/mol. The maximum atomic E-state index is 12.7. The van der Waals surface area contributed by atoms with E-state index in [1.54, 1.807) is 29.7 Å². The Hall–Kier alpha value is -3.18. The van der Waals surface area contributed by atoms with Crippen molar-refractivity contribution in [2.75, 3.05) is 13.2 Å². The van der Waals surface area contributed by atoms with Crippen molar-refractivity contribution >= 4 is 56.6 Å². The maximum absolute atomic E-state index is 12.7. The fourth-order valence-electron chi connectivity index (χ4n) is 3.24. The summed E-state index contributed by atoms with van der Waals surface area (Å²) in [6.45, 7) is 2.39. The molecule has 0 N–H and O–H groups in total. The summed E-state index contributed by atoms with van der Waals surface area (Å²) in [6, 6.07) is 7.90. The summed E-state index contributed by atoms with van der Waals surface area (Å²) >= 11 is 6.89. The standard InChI is InChI=1S/C19H16N4O5S2/c1-2-28-15(24)4-3-9-21-18(25)13-10-14-16(22(13)19(21)29)20-17(30-14)11-5-7-12(8-6-11)23(26)27/h5-8,10H,2-4,9H2,1H3. The number of esters is 1. The molecule has 0 radical (unpaired) electrons. The van der Waals surface area contributed by atoms with Crippen molar-refractivity contribution in [3.05, 3.63) is 46.1 Å². The van der Waals surface area contributed by atoms with Crippen molar-refractivity contribution in [1.29, 1.82) is 0 Å². The number of non-ortho nitro benzene ring substituents is 1. The largest absolute Gasteiger partial charge is 0.466 e. The van der Waals surface area contributed by atoms with E-state index in [9.17, 15) is 19.7 Å². The van der Waals surface area contributed by atoms with Crippen LogP contribution in [0.1, 0.15) is 30.3 Å². The summed E-state index contributed by atoms with van der Waals surface area (Å²) in [6.07, 6.45) is 0.662. The Morgan fingerprint density at radius 3 is 2.73 bits per heavy atom. The highest BCUT2D eigenvalue weighted by molar-refractivity contribution is 7.80.